The van der Waals surface area contributed by atoms with Gasteiger partial charge in [-0.15, -0.1) is 0 Å². The van der Waals surface area contributed by atoms with Crippen molar-refractivity contribution in [2.24, 2.45) is 5.92 Å². The fraction of sp³-hybridized carbons (Fsp3) is 0.372. The highest BCUT2D eigenvalue weighted by atomic mass is 35.5. The van der Waals surface area contributed by atoms with Gasteiger partial charge in [0, 0.05) is 43.9 Å². The van der Waals surface area contributed by atoms with Gasteiger partial charge >= 0.3 is 5.97 Å². The lowest BCUT2D eigenvalue weighted by molar-refractivity contribution is -0.141. The summed E-state index contributed by atoms with van der Waals surface area (Å²) in [4.78, 5) is 16.0. The molecule has 2 saturated heterocycles. The molecule has 4 aromatic carbocycles. The van der Waals surface area contributed by atoms with Gasteiger partial charge in [0.1, 0.15) is 17.6 Å². The van der Waals surface area contributed by atoms with Gasteiger partial charge in [0.25, 0.3) is 0 Å². The number of benzene rings is 4. The molecule has 0 amide bonds. The van der Waals surface area contributed by atoms with Gasteiger partial charge in [-0.3, -0.25) is 14.6 Å². The van der Waals surface area contributed by atoms with Crippen LogP contribution in [0.1, 0.15) is 69.9 Å². The number of methoxy groups -OCH3 is 1. The number of carbonyl (C=O) groups is 1. The number of halogens is 1. The third-order valence-corrected chi connectivity index (χ3v) is 11.3. The second-order valence-corrected chi connectivity index (χ2v) is 14.8. The molecule has 7 rings (SSSR count). The number of aliphatic carboxylic acids is 1. The summed E-state index contributed by atoms with van der Waals surface area (Å²) in [6, 6.07) is 23.3. The van der Waals surface area contributed by atoms with E-state index in [1.165, 1.54) is 16.7 Å². The van der Waals surface area contributed by atoms with Crippen molar-refractivity contribution in [1.82, 2.24) is 9.80 Å². The monoisotopic (exact) mass is 706 g/mol. The van der Waals surface area contributed by atoms with Crippen LogP contribution in [-0.2, 0) is 24.3 Å². The highest BCUT2D eigenvalue weighted by Gasteiger charge is 2.29. The number of hydrogen-bond acceptors (Lipinski definition) is 6. The lowest BCUT2D eigenvalue weighted by Crippen LogP contribution is -2.23. The number of aliphatic hydroxyl groups excluding tert-OH is 1. The predicted molar refractivity (Wildman–Crippen MR) is 203 cm³/mol. The van der Waals surface area contributed by atoms with Crippen molar-refractivity contribution in [2.45, 2.75) is 64.8 Å². The summed E-state index contributed by atoms with van der Waals surface area (Å²) >= 11 is 7.12. The Labute approximate surface area is 306 Å². The topological polar surface area (TPSA) is 82.5 Å². The second kappa shape index (κ2) is 15.2. The van der Waals surface area contributed by atoms with E-state index in [0.717, 1.165) is 90.1 Å². The maximum Gasteiger partial charge on any atom is 0.307 e. The van der Waals surface area contributed by atoms with Crippen molar-refractivity contribution in [3.05, 3.63) is 116 Å². The first-order valence-corrected chi connectivity index (χ1v) is 18.4. The van der Waals surface area contributed by atoms with Gasteiger partial charge in [-0.25, -0.2) is 0 Å². The van der Waals surface area contributed by atoms with Crippen LogP contribution in [0.3, 0.4) is 0 Å². The lowest BCUT2D eigenvalue weighted by atomic mass is 9.95. The van der Waals surface area contributed by atoms with E-state index in [1.807, 2.05) is 12.1 Å². The van der Waals surface area contributed by atoms with Crippen LogP contribution in [0.5, 0.6) is 11.5 Å². The zero-order chi connectivity index (χ0) is 35.6. The van der Waals surface area contributed by atoms with Crippen LogP contribution < -0.4 is 9.47 Å². The Bertz CT molecular complexity index is 1960. The number of fused-ring (bicyclic) bond motifs is 1. The molecule has 2 N–H and O–H groups in total. The third kappa shape index (κ3) is 7.73. The highest BCUT2D eigenvalue weighted by Crippen LogP contribution is 2.42. The summed E-state index contributed by atoms with van der Waals surface area (Å²) < 4.78 is 12.4. The van der Waals surface area contributed by atoms with E-state index in [-0.39, 0.29) is 18.1 Å². The summed E-state index contributed by atoms with van der Waals surface area (Å²) in [5, 5.41) is 19.9. The fourth-order valence-electron chi connectivity index (χ4n) is 8.01. The number of hydrogen-bond donors (Lipinski definition) is 2. The molecule has 3 atom stereocenters. The third-order valence-electron chi connectivity index (χ3n) is 10.9. The van der Waals surface area contributed by atoms with Crippen molar-refractivity contribution in [3.8, 4) is 22.6 Å². The Morgan fingerprint density at radius 3 is 2.41 bits per heavy atom. The molecule has 1 unspecified atom stereocenters. The molecule has 3 aliphatic rings. The summed E-state index contributed by atoms with van der Waals surface area (Å²) in [5.74, 6) is 0.480. The highest BCUT2D eigenvalue weighted by molar-refractivity contribution is 6.34. The molecule has 0 spiro atoms. The van der Waals surface area contributed by atoms with Crippen LogP contribution >= 0.6 is 11.6 Å². The van der Waals surface area contributed by atoms with E-state index in [1.54, 1.807) is 7.11 Å². The van der Waals surface area contributed by atoms with Gasteiger partial charge in [-0.1, -0.05) is 78.4 Å². The van der Waals surface area contributed by atoms with Crippen LogP contribution in [0, 0.1) is 19.8 Å². The van der Waals surface area contributed by atoms with Gasteiger partial charge in [0.05, 0.1) is 24.2 Å². The van der Waals surface area contributed by atoms with E-state index in [2.05, 4.69) is 90.4 Å². The Morgan fingerprint density at radius 1 is 0.882 bits per heavy atom. The smallest absolute Gasteiger partial charge is 0.307 e. The molecule has 4 aromatic rings. The molecular weight excluding hydrogens is 660 g/mol. The van der Waals surface area contributed by atoms with E-state index in [9.17, 15) is 15.0 Å². The number of nitrogens with zero attached hydrogens (tertiary/aromatic N) is 2. The Hall–Kier alpha value is -4.14. The number of carboxylic acid groups (broad SMARTS) is 1. The Kier molecular flexibility index (Phi) is 10.5. The first-order chi connectivity index (χ1) is 24.7. The molecule has 0 aromatic heterocycles. The fourth-order valence-corrected chi connectivity index (χ4v) is 8.28. The minimum absolute atomic E-state index is 0.0468. The molecule has 8 heteroatoms. The van der Waals surface area contributed by atoms with Crippen molar-refractivity contribution >= 4 is 29.7 Å². The van der Waals surface area contributed by atoms with E-state index in [0.29, 0.717) is 30.3 Å². The van der Waals surface area contributed by atoms with Gasteiger partial charge in [-0.2, -0.15) is 0 Å². The summed E-state index contributed by atoms with van der Waals surface area (Å²) in [7, 11) is 1.69. The first kappa shape index (κ1) is 35.3. The summed E-state index contributed by atoms with van der Waals surface area (Å²) in [6.45, 7) is 8.80. The normalized spacial score (nSPS) is 20.7. The molecule has 0 radical (unpaired) electrons. The van der Waals surface area contributed by atoms with Gasteiger partial charge in [0.2, 0.25) is 0 Å². The molecular formula is C43H47ClN2O5. The first-order valence-electron chi connectivity index (χ1n) is 18.0. The van der Waals surface area contributed by atoms with Crippen molar-refractivity contribution in [3.63, 3.8) is 0 Å². The number of likely N-dealkylation sites (tertiary alicyclic amines) is 2. The van der Waals surface area contributed by atoms with E-state index >= 15 is 0 Å². The molecule has 266 valence electrons. The molecule has 2 heterocycles. The molecule has 0 bridgehead atoms. The Morgan fingerprint density at radius 2 is 1.65 bits per heavy atom. The molecule has 7 nitrogen and oxygen atoms in total. The zero-order valence-electron chi connectivity index (χ0n) is 29.7. The van der Waals surface area contributed by atoms with Crippen LogP contribution in [0.15, 0.2) is 66.7 Å². The molecule has 2 fully saturated rings. The second-order valence-electron chi connectivity index (χ2n) is 14.4. The maximum absolute atomic E-state index is 11.4. The van der Waals surface area contributed by atoms with Crippen LogP contribution in [0.2, 0.25) is 5.02 Å². The van der Waals surface area contributed by atoms with Crippen LogP contribution in [0.4, 0.5) is 0 Å². The zero-order valence-corrected chi connectivity index (χ0v) is 30.5. The summed E-state index contributed by atoms with van der Waals surface area (Å²) in [6.07, 6.45) is 7.44. The van der Waals surface area contributed by atoms with E-state index < -0.39 is 5.97 Å². The minimum Gasteiger partial charge on any atom is -0.496 e. The van der Waals surface area contributed by atoms with Crippen molar-refractivity contribution < 1.29 is 24.5 Å². The number of aryl methyl sites for hydroxylation is 2. The predicted octanol–water partition coefficient (Wildman–Crippen LogP) is 8.34. The molecule has 51 heavy (non-hydrogen) atoms. The number of ether oxygens (including phenoxy) is 2. The number of β-amino-alcohol motifs (C(OH)–C–C–N with tert-alkyl or cyclic N) is 1. The van der Waals surface area contributed by atoms with Gasteiger partial charge < -0.3 is 19.7 Å². The molecule has 2 aliphatic heterocycles. The number of rotatable bonds is 11. The number of aliphatic hydroxyl groups is 1. The average molecular weight is 707 g/mol. The van der Waals surface area contributed by atoms with Crippen molar-refractivity contribution in [1.29, 1.82) is 0 Å². The van der Waals surface area contributed by atoms with Crippen LogP contribution in [0.25, 0.3) is 23.3 Å². The average Bonchev–Trinajstić information content (AvgIpc) is 3.86. The molecule has 0 saturated carbocycles. The van der Waals surface area contributed by atoms with E-state index in [4.69, 9.17) is 21.1 Å². The lowest BCUT2D eigenvalue weighted by Gasteiger charge is -2.19. The minimum atomic E-state index is -0.718. The SMILES string of the molecule is COc1cc(/C=C/c2cccc(-c3cccc(OC4CCc5cc(CN6CC[C@@H](O)C6)ccc54)c3Cl)c2C)c(C)cc1CN1CC[C@@H](C(=O)O)C1. The molecule has 1 aliphatic carbocycles. The van der Waals surface area contributed by atoms with Gasteiger partial charge in [-0.05, 0) is 103 Å². The summed E-state index contributed by atoms with van der Waals surface area (Å²) in [5.41, 5.74) is 11.3. The maximum atomic E-state index is 11.4. The quantitative estimate of drug-likeness (QED) is 0.152. The standard InChI is InChI=1S/C43H47ClN2O5/c1-27-20-34(25-46-18-16-33(24-46)43(48)49)41(50-3)22-31(27)12-11-30-6-4-7-36(28(30)2)38-8-5-9-40(42(38)44)51-39-15-13-32-21-29(10-14-37(32)39)23-45-19-17-35(47)26-45/h4-12,14,20-22,33,35,39,47H,13,15-19,23-26H2,1-3H3,(H,48,49)/b12-11+/t33-,35-,39?/m1/s1. The van der Waals surface area contributed by atoms with Gasteiger partial charge in [0.15, 0.2) is 0 Å². The number of carboxylic acids is 1. The Balaban J connectivity index is 1.06. The van der Waals surface area contributed by atoms with Crippen LogP contribution in [-0.4, -0.2) is 65.4 Å². The largest absolute Gasteiger partial charge is 0.496 e. The van der Waals surface area contributed by atoms with Crippen molar-refractivity contribution in [2.75, 3.05) is 33.3 Å².